The first kappa shape index (κ1) is 13.2. The van der Waals surface area contributed by atoms with E-state index in [1.54, 1.807) is 6.92 Å². The van der Waals surface area contributed by atoms with E-state index in [0.29, 0.717) is 12.8 Å². The highest BCUT2D eigenvalue weighted by Crippen LogP contribution is 2.27. The van der Waals surface area contributed by atoms with Gasteiger partial charge in [-0.3, -0.25) is 4.79 Å². The van der Waals surface area contributed by atoms with Crippen LogP contribution >= 0.6 is 0 Å². The summed E-state index contributed by atoms with van der Waals surface area (Å²) >= 11 is 0. The Balaban J connectivity index is 4.61. The first-order chi connectivity index (χ1) is 6.51. The minimum atomic E-state index is -1.26. The summed E-state index contributed by atoms with van der Waals surface area (Å²) < 4.78 is 0. The van der Waals surface area contributed by atoms with Crippen LogP contribution in [0.1, 0.15) is 39.5 Å². The number of carboxylic acids is 1. The average Bonchev–Trinajstić information content (AvgIpc) is 2.17. The molecule has 0 rings (SSSR count). The molecule has 2 N–H and O–H groups in total. The zero-order valence-electron chi connectivity index (χ0n) is 8.99. The molecule has 2 unspecified atom stereocenters. The van der Waals surface area contributed by atoms with Crippen LogP contribution in [0.25, 0.3) is 0 Å². The molecule has 0 saturated carbocycles. The minimum Gasteiger partial charge on any atom is -0.481 e. The molecule has 2 atom stereocenters. The number of carboxylic acid groups (broad SMARTS) is 1. The number of hydrogen-bond acceptors (Lipinski definition) is 2. The largest absolute Gasteiger partial charge is 0.481 e. The molecule has 0 aromatic rings. The number of unbranched alkanes of at least 4 members (excludes halogenated alkanes) is 1. The van der Waals surface area contributed by atoms with Gasteiger partial charge >= 0.3 is 5.97 Å². The highest BCUT2D eigenvalue weighted by molar-refractivity contribution is 5.72. The Hall–Kier alpha value is -0.830. The molecule has 0 aliphatic rings. The van der Waals surface area contributed by atoms with Crippen molar-refractivity contribution in [1.82, 2.24) is 0 Å². The summed E-state index contributed by atoms with van der Waals surface area (Å²) in [7, 11) is 0. The van der Waals surface area contributed by atoms with E-state index in [1.165, 1.54) is 6.08 Å². The molecular formula is C11H20O3. The van der Waals surface area contributed by atoms with Gasteiger partial charge in [0, 0.05) is 0 Å². The average molecular weight is 200 g/mol. The van der Waals surface area contributed by atoms with Crippen LogP contribution in [0.2, 0.25) is 0 Å². The Labute approximate surface area is 85.4 Å². The fourth-order valence-corrected chi connectivity index (χ4v) is 1.53. The Morgan fingerprint density at radius 3 is 2.43 bits per heavy atom. The maximum atomic E-state index is 11.0. The van der Waals surface area contributed by atoms with Gasteiger partial charge in [0.1, 0.15) is 0 Å². The lowest BCUT2D eigenvalue weighted by atomic mass is 9.82. The molecular weight excluding hydrogens is 180 g/mol. The molecule has 0 heterocycles. The topological polar surface area (TPSA) is 57.5 Å². The predicted octanol–water partition coefficient (Wildman–Crippen LogP) is 2.20. The second-order valence-electron chi connectivity index (χ2n) is 3.58. The van der Waals surface area contributed by atoms with E-state index >= 15 is 0 Å². The van der Waals surface area contributed by atoms with Gasteiger partial charge in [0.25, 0.3) is 0 Å². The van der Waals surface area contributed by atoms with Crippen LogP contribution in [0.3, 0.4) is 0 Å². The van der Waals surface area contributed by atoms with Crippen molar-refractivity contribution in [3.63, 3.8) is 0 Å². The molecule has 0 bridgehead atoms. The summed E-state index contributed by atoms with van der Waals surface area (Å²) in [6.07, 6.45) is 3.98. The van der Waals surface area contributed by atoms with E-state index in [2.05, 4.69) is 6.58 Å². The lowest BCUT2D eigenvalue weighted by Crippen LogP contribution is -2.40. The lowest BCUT2D eigenvalue weighted by Gasteiger charge is -2.29. The zero-order chi connectivity index (χ0) is 11.2. The van der Waals surface area contributed by atoms with Crippen molar-refractivity contribution >= 4 is 5.97 Å². The summed E-state index contributed by atoms with van der Waals surface area (Å²) in [5.41, 5.74) is -1.26. The van der Waals surface area contributed by atoms with Gasteiger partial charge in [-0.1, -0.05) is 32.8 Å². The van der Waals surface area contributed by atoms with Gasteiger partial charge in [0.2, 0.25) is 0 Å². The van der Waals surface area contributed by atoms with E-state index in [-0.39, 0.29) is 0 Å². The molecule has 0 radical (unpaired) electrons. The molecule has 0 amide bonds. The molecule has 0 aliphatic heterocycles. The van der Waals surface area contributed by atoms with Gasteiger partial charge < -0.3 is 10.2 Å². The van der Waals surface area contributed by atoms with Crippen LogP contribution in [-0.2, 0) is 4.79 Å². The zero-order valence-corrected chi connectivity index (χ0v) is 8.99. The Morgan fingerprint density at radius 1 is 1.57 bits per heavy atom. The number of carbonyl (C=O) groups is 1. The van der Waals surface area contributed by atoms with Crippen molar-refractivity contribution < 1.29 is 15.0 Å². The van der Waals surface area contributed by atoms with E-state index in [0.717, 1.165) is 12.8 Å². The second-order valence-corrected chi connectivity index (χ2v) is 3.58. The molecule has 3 nitrogen and oxygen atoms in total. The van der Waals surface area contributed by atoms with Crippen LogP contribution in [0.15, 0.2) is 12.7 Å². The third-order valence-electron chi connectivity index (χ3n) is 2.67. The number of rotatable bonds is 7. The maximum absolute atomic E-state index is 11.0. The summed E-state index contributed by atoms with van der Waals surface area (Å²) in [4.78, 5) is 11.0. The number of aliphatic hydroxyl groups is 1. The molecule has 0 aliphatic carbocycles. The molecule has 0 spiro atoms. The van der Waals surface area contributed by atoms with Crippen LogP contribution in [-0.4, -0.2) is 21.8 Å². The molecule has 3 heteroatoms. The van der Waals surface area contributed by atoms with Crippen LogP contribution in [0, 0.1) is 5.92 Å². The number of hydrogen-bond donors (Lipinski definition) is 2. The van der Waals surface area contributed by atoms with Gasteiger partial charge in [-0.05, 0) is 12.8 Å². The van der Waals surface area contributed by atoms with E-state index in [4.69, 9.17) is 5.11 Å². The first-order valence-electron chi connectivity index (χ1n) is 5.10. The van der Waals surface area contributed by atoms with E-state index in [9.17, 15) is 9.90 Å². The molecule has 0 saturated heterocycles. The fraction of sp³-hybridized carbons (Fsp3) is 0.727. The quantitative estimate of drug-likeness (QED) is 0.619. The molecule has 14 heavy (non-hydrogen) atoms. The maximum Gasteiger partial charge on any atom is 0.309 e. The predicted molar refractivity (Wildman–Crippen MR) is 56.1 cm³/mol. The highest BCUT2D eigenvalue weighted by atomic mass is 16.4. The molecule has 0 aromatic heterocycles. The van der Waals surface area contributed by atoms with Gasteiger partial charge in [-0.15, -0.1) is 6.58 Å². The fourth-order valence-electron chi connectivity index (χ4n) is 1.53. The van der Waals surface area contributed by atoms with Gasteiger partial charge in [0.05, 0.1) is 11.5 Å². The summed E-state index contributed by atoms with van der Waals surface area (Å²) in [6.45, 7) is 7.27. The lowest BCUT2D eigenvalue weighted by molar-refractivity contribution is -0.149. The first-order valence-corrected chi connectivity index (χ1v) is 5.10. The van der Waals surface area contributed by atoms with E-state index < -0.39 is 17.5 Å². The Bertz CT molecular complexity index is 201. The van der Waals surface area contributed by atoms with Crippen molar-refractivity contribution in [3.8, 4) is 0 Å². The van der Waals surface area contributed by atoms with E-state index in [1.807, 2.05) is 6.92 Å². The third-order valence-corrected chi connectivity index (χ3v) is 2.67. The van der Waals surface area contributed by atoms with Gasteiger partial charge in [0.15, 0.2) is 0 Å². The van der Waals surface area contributed by atoms with Crippen molar-refractivity contribution in [2.24, 2.45) is 5.92 Å². The van der Waals surface area contributed by atoms with Crippen molar-refractivity contribution in [3.05, 3.63) is 12.7 Å². The van der Waals surface area contributed by atoms with Crippen LogP contribution in [0.4, 0.5) is 0 Å². The van der Waals surface area contributed by atoms with Gasteiger partial charge in [-0.2, -0.15) is 0 Å². The minimum absolute atomic E-state index is 0.386. The smallest absolute Gasteiger partial charge is 0.309 e. The normalized spacial score (nSPS) is 17.1. The highest BCUT2D eigenvalue weighted by Gasteiger charge is 2.36. The monoisotopic (exact) mass is 200 g/mol. The van der Waals surface area contributed by atoms with Crippen molar-refractivity contribution in [2.45, 2.75) is 45.1 Å². The van der Waals surface area contributed by atoms with Gasteiger partial charge in [-0.25, -0.2) is 0 Å². The Morgan fingerprint density at radius 2 is 2.14 bits per heavy atom. The van der Waals surface area contributed by atoms with Crippen molar-refractivity contribution in [2.75, 3.05) is 0 Å². The molecule has 0 fully saturated rings. The molecule has 82 valence electrons. The standard InChI is InChI=1S/C11H20O3/c1-4-7-8-9(10(12)13)11(14,5-2)6-3/h5,9,14H,2,4,6-8H2,1,3H3,(H,12,13). The van der Waals surface area contributed by atoms with Crippen LogP contribution < -0.4 is 0 Å². The SMILES string of the molecule is C=CC(O)(CC)C(CCCC)C(=O)O. The third kappa shape index (κ3) is 3.14. The second kappa shape index (κ2) is 5.81. The number of aliphatic carboxylic acids is 1. The summed E-state index contributed by atoms with van der Waals surface area (Å²) in [6, 6.07) is 0. The summed E-state index contributed by atoms with van der Waals surface area (Å²) in [5.74, 6) is -1.67. The van der Waals surface area contributed by atoms with Crippen molar-refractivity contribution in [1.29, 1.82) is 0 Å². The van der Waals surface area contributed by atoms with Crippen LogP contribution in [0.5, 0.6) is 0 Å². The summed E-state index contributed by atoms with van der Waals surface area (Å²) in [5, 5.41) is 19.0. The molecule has 0 aromatic carbocycles. The Kier molecular flexibility index (Phi) is 5.46.